The molecule has 1 heterocycles. The van der Waals surface area contributed by atoms with E-state index in [1.807, 2.05) is 12.1 Å². The molecule has 0 fully saturated rings. The van der Waals surface area contributed by atoms with Gasteiger partial charge in [0.2, 0.25) is 5.89 Å². The Morgan fingerprint density at radius 1 is 1.12 bits per heavy atom. The second kappa shape index (κ2) is 9.75. The number of nitrogens with zero attached hydrogens (tertiary/aromatic N) is 2. The summed E-state index contributed by atoms with van der Waals surface area (Å²) in [6.07, 6.45) is 6.71. The molecular formula is C19H28N4O. The second-order valence-corrected chi connectivity index (χ2v) is 5.90. The summed E-state index contributed by atoms with van der Waals surface area (Å²) in [6.45, 7) is 5.73. The molecule has 0 atom stereocenters. The minimum Gasteiger partial charge on any atom is -0.439 e. The van der Waals surface area contributed by atoms with Crippen LogP contribution < -0.4 is 10.6 Å². The van der Waals surface area contributed by atoms with Gasteiger partial charge in [-0.05, 0) is 13.3 Å². The van der Waals surface area contributed by atoms with Crippen LogP contribution >= 0.6 is 0 Å². The minimum atomic E-state index is 0.514. The average molecular weight is 328 g/mol. The van der Waals surface area contributed by atoms with Crippen LogP contribution in [-0.2, 0) is 6.54 Å². The molecule has 2 N–H and O–H groups in total. The van der Waals surface area contributed by atoms with Crippen LogP contribution in [0.3, 0.4) is 0 Å². The summed E-state index contributed by atoms with van der Waals surface area (Å²) in [5.41, 5.74) is 2.27. The first-order valence-corrected chi connectivity index (χ1v) is 8.69. The van der Waals surface area contributed by atoms with Crippen LogP contribution in [0.25, 0.3) is 11.3 Å². The van der Waals surface area contributed by atoms with Crippen LogP contribution in [0.4, 0.5) is 0 Å². The van der Waals surface area contributed by atoms with E-state index >= 15 is 0 Å². The minimum absolute atomic E-state index is 0.514. The molecule has 0 saturated heterocycles. The van der Waals surface area contributed by atoms with Gasteiger partial charge in [-0.25, -0.2) is 4.98 Å². The molecule has 130 valence electrons. The first kappa shape index (κ1) is 18.0. The monoisotopic (exact) mass is 328 g/mol. The molecule has 5 heteroatoms. The zero-order chi connectivity index (χ0) is 17.2. The van der Waals surface area contributed by atoms with Crippen LogP contribution in [0.2, 0.25) is 0 Å². The Morgan fingerprint density at radius 2 is 1.92 bits per heavy atom. The van der Waals surface area contributed by atoms with Gasteiger partial charge in [-0.3, -0.25) is 4.99 Å². The molecule has 0 unspecified atom stereocenters. The smallest absolute Gasteiger partial charge is 0.214 e. The Bertz CT molecular complexity index is 631. The van der Waals surface area contributed by atoms with Crippen LogP contribution in [-0.4, -0.2) is 24.5 Å². The van der Waals surface area contributed by atoms with E-state index in [0.29, 0.717) is 12.4 Å². The number of benzene rings is 1. The van der Waals surface area contributed by atoms with E-state index in [-0.39, 0.29) is 0 Å². The molecule has 24 heavy (non-hydrogen) atoms. The third kappa shape index (κ3) is 5.72. The summed E-state index contributed by atoms with van der Waals surface area (Å²) in [4.78, 5) is 8.55. The Kier molecular flexibility index (Phi) is 7.33. The lowest BCUT2D eigenvalue weighted by Gasteiger charge is -2.10. The lowest BCUT2D eigenvalue weighted by molar-refractivity contribution is 0.497. The first-order valence-electron chi connectivity index (χ1n) is 8.69. The van der Waals surface area contributed by atoms with Crippen LogP contribution in [0.15, 0.2) is 39.9 Å². The molecular weight excluding hydrogens is 300 g/mol. The molecule has 1 aromatic carbocycles. The number of hydrogen-bond acceptors (Lipinski definition) is 3. The van der Waals surface area contributed by atoms with Crippen LogP contribution in [0.1, 0.15) is 44.1 Å². The first-order chi connectivity index (χ1) is 11.7. The molecule has 1 aromatic heterocycles. The summed E-state index contributed by atoms with van der Waals surface area (Å²) in [6, 6.07) is 8.23. The fraction of sp³-hybridized carbons (Fsp3) is 0.474. The van der Waals surface area contributed by atoms with Gasteiger partial charge in [0.15, 0.2) is 11.7 Å². The number of rotatable bonds is 8. The summed E-state index contributed by atoms with van der Waals surface area (Å²) in [5, 5.41) is 6.55. The maximum atomic E-state index is 5.81. The summed E-state index contributed by atoms with van der Waals surface area (Å²) >= 11 is 0. The molecule has 0 radical (unpaired) electrons. The number of aliphatic imine (C=N–C) groups is 1. The average Bonchev–Trinajstić information content (AvgIpc) is 3.07. The summed E-state index contributed by atoms with van der Waals surface area (Å²) in [7, 11) is 1.77. The Labute approximate surface area is 144 Å². The van der Waals surface area contributed by atoms with E-state index in [0.717, 1.165) is 30.2 Å². The normalized spacial score (nSPS) is 11.5. The van der Waals surface area contributed by atoms with Gasteiger partial charge >= 0.3 is 0 Å². The molecule has 0 aliphatic carbocycles. The van der Waals surface area contributed by atoms with E-state index in [2.05, 4.69) is 46.6 Å². The molecule has 0 aliphatic heterocycles. The molecule has 0 bridgehead atoms. The topological polar surface area (TPSA) is 62.5 Å². The van der Waals surface area contributed by atoms with Gasteiger partial charge in [0.05, 0.1) is 12.7 Å². The summed E-state index contributed by atoms with van der Waals surface area (Å²) < 4.78 is 5.81. The number of unbranched alkanes of at least 4 members (excludes halogenated alkanes) is 3. The number of nitrogens with one attached hydrogen (secondary N) is 2. The van der Waals surface area contributed by atoms with Gasteiger partial charge in [-0.2, -0.15) is 0 Å². The van der Waals surface area contributed by atoms with Crippen molar-refractivity contribution in [1.82, 2.24) is 15.6 Å². The van der Waals surface area contributed by atoms with E-state index in [9.17, 15) is 0 Å². The molecule has 5 nitrogen and oxygen atoms in total. The van der Waals surface area contributed by atoms with Crippen molar-refractivity contribution in [3.05, 3.63) is 41.9 Å². The van der Waals surface area contributed by atoms with Crippen LogP contribution in [0.5, 0.6) is 0 Å². The molecule has 2 aromatic rings. The van der Waals surface area contributed by atoms with Crippen LogP contribution in [0, 0.1) is 6.92 Å². The maximum absolute atomic E-state index is 5.81. The molecule has 2 rings (SSSR count). The third-order valence-corrected chi connectivity index (χ3v) is 3.84. The predicted molar refractivity (Wildman–Crippen MR) is 99.0 cm³/mol. The zero-order valence-electron chi connectivity index (χ0n) is 14.9. The van der Waals surface area contributed by atoms with Crippen molar-refractivity contribution in [1.29, 1.82) is 0 Å². The van der Waals surface area contributed by atoms with Gasteiger partial charge in [0.1, 0.15) is 0 Å². The Hall–Kier alpha value is -2.30. The number of hydrogen-bond donors (Lipinski definition) is 2. The van der Waals surface area contributed by atoms with E-state index in [1.54, 1.807) is 13.2 Å². The number of aryl methyl sites for hydroxylation is 1. The number of aromatic nitrogens is 1. The lowest BCUT2D eigenvalue weighted by Crippen LogP contribution is -2.37. The van der Waals surface area contributed by atoms with Gasteiger partial charge in [0, 0.05) is 19.2 Å². The van der Waals surface area contributed by atoms with Crippen molar-refractivity contribution >= 4 is 5.96 Å². The fourth-order valence-corrected chi connectivity index (χ4v) is 2.38. The Balaban J connectivity index is 1.80. The Morgan fingerprint density at radius 3 is 2.62 bits per heavy atom. The quantitative estimate of drug-likeness (QED) is 0.438. The third-order valence-electron chi connectivity index (χ3n) is 3.84. The van der Waals surface area contributed by atoms with Crippen molar-refractivity contribution < 1.29 is 4.42 Å². The highest BCUT2D eigenvalue weighted by Gasteiger charge is 2.07. The van der Waals surface area contributed by atoms with Gasteiger partial charge < -0.3 is 15.1 Å². The highest BCUT2D eigenvalue weighted by Crippen LogP contribution is 2.20. The molecule has 0 amide bonds. The standard InChI is InChI=1S/C19H28N4O/c1-4-5-6-7-12-21-19(20-3)23-14-18-22-13-17(24-18)16-10-8-15(2)9-11-16/h8-11,13H,4-7,12,14H2,1-3H3,(H2,20,21,23). The van der Waals surface area contributed by atoms with E-state index < -0.39 is 0 Å². The number of guanidine groups is 1. The SMILES string of the molecule is CCCCCCNC(=NC)NCc1ncc(-c2ccc(C)cc2)o1. The fourth-order valence-electron chi connectivity index (χ4n) is 2.38. The lowest BCUT2D eigenvalue weighted by atomic mass is 10.1. The predicted octanol–water partition coefficient (Wildman–Crippen LogP) is 3.90. The van der Waals surface area contributed by atoms with Gasteiger partial charge in [0.25, 0.3) is 0 Å². The van der Waals surface area contributed by atoms with Gasteiger partial charge in [-0.15, -0.1) is 0 Å². The molecule has 0 saturated carbocycles. The van der Waals surface area contributed by atoms with Crippen molar-refractivity contribution in [2.45, 2.75) is 46.1 Å². The maximum Gasteiger partial charge on any atom is 0.214 e. The van der Waals surface area contributed by atoms with Crippen molar-refractivity contribution in [3.63, 3.8) is 0 Å². The van der Waals surface area contributed by atoms with E-state index in [4.69, 9.17) is 4.42 Å². The largest absolute Gasteiger partial charge is 0.439 e. The molecule has 0 spiro atoms. The van der Waals surface area contributed by atoms with Crippen molar-refractivity contribution in [2.75, 3.05) is 13.6 Å². The van der Waals surface area contributed by atoms with Crippen molar-refractivity contribution in [2.24, 2.45) is 4.99 Å². The highest BCUT2D eigenvalue weighted by molar-refractivity contribution is 5.79. The summed E-state index contributed by atoms with van der Waals surface area (Å²) in [5.74, 6) is 2.22. The zero-order valence-corrected chi connectivity index (χ0v) is 14.9. The highest BCUT2D eigenvalue weighted by atomic mass is 16.4. The van der Waals surface area contributed by atoms with E-state index in [1.165, 1.54) is 24.8 Å². The molecule has 0 aliphatic rings. The van der Waals surface area contributed by atoms with Crippen molar-refractivity contribution in [3.8, 4) is 11.3 Å². The second-order valence-electron chi connectivity index (χ2n) is 5.90. The van der Waals surface area contributed by atoms with Gasteiger partial charge in [-0.1, -0.05) is 56.0 Å². The number of oxazole rings is 1.